The molecule has 98 valence electrons. The number of aromatic nitrogens is 2. The minimum absolute atomic E-state index is 0.0517. The second kappa shape index (κ2) is 4.62. The van der Waals surface area contributed by atoms with Gasteiger partial charge in [0.1, 0.15) is 0 Å². The molecule has 18 heavy (non-hydrogen) atoms. The molecule has 2 N–H and O–H groups in total. The maximum absolute atomic E-state index is 11.8. The van der Waals surface area contributed by atoms with Gasteiger partial charge in [0.25, 0.3) is 5.91 Å². The Bertz CT molecular complexity index is 585. The molecule has 1 aromatic heterocycles. The van der Waals surface area contributed by atoms with Crippen molar-refractivity contribution in [3.8, 4) is 0 Å². The molecule has 7 nitrogen and oxygen atoms in total. The summed E-state index contributed by atoms with van der Waals surface area (Å²) in [4.78, 5) is 18.9. The van der Waals surface area contributed by atoms with E-state index in [1.165, 1.54) is 4.31 Å². The Labute approximate surface area is 105 Å². The van der Waals surface area contributed by atoms with Crippen molar-refractivity contribution in [2.75, 3.05) is 12.3 Å². The highest BCUT2D eigenvalue weighted by Gasteiger charge is 2.26. The molecule has 1 aliphatic heterocycles. The monoisotopic (exact) mass is 270 g/mol. The van der Waals surface area contributed by atoms with Gasteiger partial charge in [0.05, 0.1) is 18.0 Å². The number of nitrogens with zero attached hydrogens (tertiary/aromatic N) is 3. The third-order valence-electron chi connectivity index (χ3n) is 2.89. The summed E-state index contributed by atoms with van der Waals surface area (Å²) in [7, 11) is -3.24. The first-order valence-corrected chi connectivity index (χ1v) is 7.17. The summed E-state index contributed by atoms with van der Waals surface area (Å²) in [6, 6.07) is 0. The molecule has 0 saturated carbocycles. The summed E-state index contributed by atoms with van der Waals surface area (Å²) < 4.78 is 24.9. The van der Waals surface area contributed by atoms with Crippen LogP contribution in [0.4, 0.5) is 0 Å². The highest BCUT2D eigenvalue weighted by Crippen LogP contribution is 2.19. The topological polar surface area (TPSA) is 106 Å². The zero-order valence-electron chi connectivity index (χ0n) is 9.96. The van der Waals surface area contributed by atoms with Crippen LogP contribution < -0.4 is 5.73 Å². The lowest BCUT2D eigenvalue weighted by Crippen LogP contribution is -2.37. The third-order valence-corrected chi connectivity index (χ3v) is 4.72. The fourth-order valence-electron chi connectivity index (χ4n) is 1.82. The van der Waals surface area contributed by atoms with E-state index < -0.39 is 15.9 Å². The lowest BCUT2D eigenvalue weighted by Gasteiger charge is -2.26. The Morgan fingerprint density at radius 2 is 2.28 bits per heavy atom. The van der Waals surface area contributed by atoms with Gasteiger partial charge in [-0.25, -0.2) is 18.4 Å². The molecule has 2 heterocycles. The number of amides is 1. The lowest BCUT2D eigenvalue weighted by atomic mass is 10.1. The molecule has 8 heteroatoms. The van der Waals surface area contributed by atoms with Gasteiger partial charge in [-0.15, -0.1) is 0 Å². The molecule has 1 aliphatic rings. The van der Waals surface area contributed by atoms with E-state index in [1.54, 1.807) is 13.1 Å². The van der Waals surface area contributed by atoms with Crippen molar-refractivity contribution in [3.05, 3.63) is 23.3 Å². The van der Waals surface area contributed by atoms with E-state index in [0.29, 0.717) is 18.7 Å². The molecular weight excluding hydrogens is 256 g/mol. The second-order valence-corrected chi connectivity index (χ2v) is 6.27. The average Bonchev–Trinajstić information content (AvgIpc) is 2.37. The SMILES string of the molecule is CCS(=O)(=O)N1CCc2cnc(C(N)=O)nc2C1. The van der Waals surface area contributed by atoms with Gasteiger partial charge in [0.15, 0.2) is 0 Å². The zero-order chi connectivity index (χ0) is 13.3. The van der Waals surface area contributed by atoms with Crippen LogP contribution in [-0.4, -0.2) is 40.9 Å². The van der Waals surface area contributed by atoms with Gasteiger partial charge in [-0.3, -0.25) is 4.79 Å². The van der Waals surface area contributed by atoms with Crippen LogP contribution in [0.15, 0.2) is 6.20 Å². The molecule has 0 unspecified atom stereocenters. The van der Waals surface area contributed by atoms with Gasteiger partial charge in [0, 0.05) is 12.7 Å². The number of carbonyl (C=O) groups is 1. The smallest absolute Gasteiger partial charge is 0.286 e. The quantitative estimate of drug-likeness (QED) is 0.780. The summed E-state index contributed by atoms with van der Waals surface area (Å²) in [5.74, 6) is -0.742. The van der Waals surface area contributed by atoms with Crippen molar-refractivity contribution in [2.45, 2.75) is 19.9 Å². The number of nitrogens with two attached hydrogens (primary N) is 1. The Morgan fingerprint density at radius 3 is 2.89 bits per heavy atom. The van der Waals surface area contributed by atoms with Crippen LogP contribution in [0.3, 0.4) is 0 Å². The van der Waals surface area contributed by atoms with Gasteiger partial charge in [-0.1, -0.05) is 0 Å². The van der Waals surface area contributed by atoms with E-state index in [4.69, 9.17) is 5.73 Å². The van der Waals surface area contributed by atoms with Crippen molar-refractivity contribution < 1.29 is 13.2 Å². The summed E-state index contributed by atoms with van der Waals surface area (Å²) in [5, 5.41) is 0. The summed E-state index contributed by atoms with van der Waals surface area (Å²) in [6.07, 6.45) is 2.09. The van der Waals surface area contributed by atoms with E-state index in [9.17, 15) is 13.2 Å². The van der Waals surface area contributed by atoms with Gasteiger partial charge < -0.3 is 5.73 Å². The van der Waals surface area contributed by atoms with Gasteiger partial charge in [-0.2, -0.15) is 4.31 Å². The van der Waals surface area contributed by atoms with Crippen LogP contribution in [0.1, 0.15) is 28.8 Å². The van der Waals surface area contributed by atoms with Gasteiger partial charge in [0.2, 0.25) is 15.8 Å². The van der Waals surface area contributed by atoms with Crippen LogP contribution in [0.5, 0.6) is 0 Å². The van der Waals surface area contributed by atoms with Crippen molar-refractivity contribution in [1.29, 1.82) is 0 Å². The molecule has 1 amide bonds. The Kier molecular flexibility index (Phi) is 3.31. The highest BCUT2D eigenvalue weighted by molar-refractivity contribution is 7.89. The van der Waals surface area contributed by atoms with Crippen LogP contribution >= 0.6 is 0 Å². The number of fused-ring (bicyclic) bond motifs is 1. The fourth-order valence-corrected chi connectivity index (χ4v) is 2.87. The maximum atomic E-state index is 11.8. The first-order valence-electron chi connectivity index (χ1n) is 5.56. The average molecular weight is 270 g/mol. The number of hydrogen-bond donors (Lipinski definition) is 1. The summed E-state index contributed by atoms with van der Waals surface area (Å²) in [6.45, 7) is 2.19. The standard InChI is InChI=1S/C10H14N4O3S/c1-2-18(16,17)14-4-3-7-5-12-10(9(11)15)13-8(7)6-14/h5H,2-4,6H2,1H3,(H2,11,15). The van der Waals surface area contributed by atoms with Crippen molar-refractivity contribution in [2.24, 2.45) is 5.73 Å². The van der Waals surface area contributed by atoms with Crippen LogP contribution in [-0.2, 0) is 23.0 Å². The van der Waals surface area contributed by atoms with Crippen molar-refractivity contribution in [3.63, 3.8) is 0 Å². The predicted octanol–water partition coefficient (Wildman–Crippen LogP) is -0.717. The number of primary amides is 1. The fraction of sp³-hybridized carbons (Fsp3) is 0.500. The van der Waals surface area contributed by atoms with E-state index in [2.05, 4.69) is 9.97 Å². The van der Waals surface area contributed by atoms with E-state index >= 15 is 0 Å². The predicted molar refractivity (Wildman–Crippen MR) is 64.1 cm³/mol. The minimum Gasteiger partial charge on any atom is -0.363 e. The molecule has 0 aromatic carbocycles. The highest BCUT2D eigenvalue weighted by atomic mass is 32.2. The lowest BCUT2D eigenvalue weighted by molar-refractivity contribution is 0.0990. The molecular formula is C10H14N4O3S. The molecule has 0 saturated heterocycles. The van der Waals surface area contributed by atoms with Crippen LogP contribution in [0.25, 0.3) is 0 Å². The Hall–Kier alpha value is -1.54. The summed E-state index contributed by atoms with van der Waals surface area (Å²) in [5.41, 5.74) is 6.52. The molecule has 1 aromatic rings. The molecule has 0 atom stereocenters. The maximum Gasteiger partial charge on any atom is 0.286 e. The Morgan fingerprint density at radius 1 is 1.56 bits per heavy atom. The number of hydrogen-bond acceptors (Lipinski definition) is 5. The van der Waals surface area contributed by atoms with Crippen molar-refractivity contribution in [1.82, 2.24) is 14.3 Å². The third kappa shape index (κ3) is 2.34. The molecule has 0 aliphatic carbocycles. The molecule has 0 radical (unpaired) electrons. The largest absolute Gasteiger partial charge is 0.363 e. The minimum atomic E-state index is -3.24. The van der Waals surface area contributed by atoms with Crippen LogP contribution in [0.2, 0.25) is 0 Å². The second-order valence-electron chi connectivity index (χ2n) is 4.01. The summed E-state index contributed by atoms with van der Waals surface area (Å²) >= 11 is 0. The first kappa shape index (κ1) is 12.9. The number of sulfonamides is 1. The van der Waals surface area contributed by atoms with Crippen molar-refractivity contribution >= 4 is 15.9 Å². The normalized spacial score (nSPS) is 16.3. The first-order chi connectivity index (χ1) is 8.44. The molecule has 2 rings (SSSR count). The van der Waals surface area contributed by atoms with E-state index in [0.717, 1.165) is 5.56 Å². The number of rotatable bonds is 3. The zero-order valence-corrected chi connectivity index (χ0v) is 10.8. The van der Waals surface area contributed by atoms with E-state index in [1.807, 2.05) is 0 Å². The molecule has 0 fully saturated rings. The number of carbonyl (C=O) groups excluding carboxylic acids is 1. The molecule has 0 bridgehead atoms. The van der Waals surface area contributed by atoms with Gasteiger partial charge in [-0.05, 0) is 18.9 Å². The molecule has 0 spiro atoms. The van der Waals surface area contributed by atoms with Gasteiger partial charge >= 0.3 is 0 Å². The van der Waals surface area contributed by atoms with Crippen LogP contribution in [0, 0.1) is 0 Å². The van der Waals surface area contributed by atoms with E-state index in [-0.39, 0.29) is 18.1 Å². The Balaban J connectivity index is 2.33.